The summed E-state index contributed by atoms with van der Waals surface area (Å²) >= 11 is 0. The number of hydrogen-bond acceptors (Lipinski definition) is 4. The van der Waals surface area contributed by atoms with Gasteiger partial charge >= 0.3 is 6.03 Å². The Hall–Kier alpha value is -2.15. The minimum Gasteiger partial charge on any atom is -0.379 e. The molecule has 1 aliphatic rings. The maximum absolute atomic E-state index is 12.1. The van der Waals surface area contributed by atoms with E-state index in [1.165, 1.54) is 6.07 Å². The molecule has 1 aromatic rings. The summed E-state index contributed by atoms with van der Waals surface area (Å²) < 4.78 is 5.42. The molecule has 7 heteroatoms. The quantitative estimate of drug-likeness (QED) is 0.495. The molecule has 0 bridgehead atoms. The number of fused-ring (bicyclic) bond motifs is 1. The van der Waals surface area contributed by atoms with E-state index in [0.29, 0.717) is 45.2 Å². The Morgan fingerprint density at radius 3 is 2.91 bits per heavy atom. The van der Waals surface area contributed by atoms with Gasteiger partial charge in [-0.15, -0.1) is 0 Å². The van der Waals surface area contributed by atoms with Crippen LogP contribution in [0, 0.1) is 16.0 Å². The van der Waals surface area contributed by atoms with Gasteiger partial charge in [0.2, 0.25) is 0 Å². The lowest BCUT2D eigenvalue weighted by molar-refractivity contribution is -0.385. The van der Waals surface area contributed by atoms with E-state index in [-0.39, 0.29) is 11.7 Å². The topological polar surface area (TPSA) is 84.7 Å². The summed E-state index contributed by atoms with van der Waals surface area (Å²) in [5.74, 6) is 0.472. The summed E-state index contributed by atoms with van der Waals surface area (Å²) in [6.07, 6.45) is 0.713. The van der Waals surface area contributed by atoms with Crippen molar-refractivity contribution in [2.45, 2.75) is 26.8 Å². The number of non-ortho nitro benzene ring substituents is 1. The fourth-order valence-electron chi connectivity index (χ4n) is 2.49. The van der Waals surface area contributed by atoms with E-state index in [1.54, 1.807) is 17.0 Å². The van der Waals surface area contributed by atoms with Crippen molar-refractivity contribution in [3.05, 3.63) is 39.4 Å². The first-order chi connectivity index (χ1) is 11.0. The van der Waals surface area contributed by atoms with Crippen LogP contribution in [0.2, 0.25) is 0 Å². The summed E-state index contributed by atoms with van der Waals surface area (Å²) in [5, 5.41) is 13.7. The lowest BCUT2D eigenvalue weighted by atomic mass is 9.99. The Labute approximate surface area is 135 Å². The zero-order chi connectivity index (χ0) is 16.8. The largest absolute Gasteiger partial charge is 0.379 e. The lowest BCUT2D eigenvalue weighted by Gasteiger charge is -2.28. The molecule has 0 unspecified atom stereocenters. The zero-order valence-electron chi connectivity index (χ0n) is 13.6. The first-order valence-electron chi connectivity index (χ1n) is 7.84. The number of nitro groups is 1. The number of benzene rings is 1. The Balaban J connectivity index is 1.84. The van der Waals surface area contributed by atoms with Gasteiger partial charge in [0, 0.05) is 38.4 Å². The molecule has 0 spiro atoms. The van der Waals surface area contributed by atoms with Crippen molar-refractivity contribution in [3.63, 3.8) is 0 Å². The molecule has 126 valence electrons. The molecular formula is C16H23N3O4. The van der Waals surface area contributed by atoms with Crippen LogP contribution in [0.4, 0.5) is 10.5 Å². The van der Waals surface area contributed by atoms with E-state index in [2.05, 4.69) is 19.2 Å². The molecule has 7 nitrogen and oxygen atoms in total. The molecule has 0 fully saturated rings. The number of nitrogens with one attached hydrogen (secondary N) is 1. The Morgan fingerprint density at radius 2 is 2.22 bits per heavy atom. The van der Waals surface area contributed by atoms with Gasteiger partial charge in [0.1, 0.15) is 0 Å². The van der Waals surface area contributed by atoms with Crippen LogP contribution in [0.5, 0.6) is 0 Å². The van der Waals surface area contributed by atoms with E-state index in [1.807, 2.05) is 0 Å². The average Bonchev–Trinajstić information content (AvgIpc) is 2.52. The highest BCUT2D eigenvalue weighted by molar-refractivity contribution is 5.74. The highest BCUT2D eigenvalue weighted by Crippen LogP contribution is 2.23. The third kappa shape index (κ3) is 4.92. The number of amides is 2. The van der Waals surface area contributed by atoms with Crippen LogP contribution in [0.3, 0.4) is 0 Å². The molecule has 0 saturated heterocycles. The Kier molecular flexibility index (Phi) is 5.92. The summed E-state index contributed by atoms with van der Waals surface area (Å²) in [6, 6.07) is 4.69. The van der Waals surface area contributed by atoms with Crippen molar-refractivity contribution in [1.82, 2.24) is 10.2 Å². The molecule has 0 atom stereocenters. The number of nitrogens with zero attached hydrogens (tertiary/aromatic N) is 2. The van der Waals surface area contributed by atoms with Crippen molar-refractivity contribution in [3.8, 4) is 0 Å². The number of ether oxygens (including phenoxy) is 1. The first kappa shape index (κ1) is 17.2. The number of carbonyl (C=O) groups is 1. The van der Waals surface area contributed by atoms with Crippen LogP contribution in [-0.2, 0) is 17.7 Å². The predicted octanol–water partition coefficient (Wildman–Crippen LogP) is 2.34. The molecule has 2 amide bonds. The maximum Gasteiger partial charge on any atom is 0.317 e. The van der Waals surface area contributed by atoms with Gasteiger partial charge in [-0.2, -0.15) is 0 Å². The van der Waals surface area contributed by atoms with Crippen LogP contribution >= 0.6 is 0 Å². The monoisotopic (exact) mass is 321 g/mol. The standard InChI is InChI=1S/C16H23N3O4/c1-12(2)11-23-8-6-17-16(20)18-7-5-13-3-4-15(19(21)22)9-14(13)10-18/h3-4,9,12H,5-8,10-11H2,1-2H3,(H,17,20). The summed E-state index contributed by atoms with van der Waals surface area (Å²) in [4.78, 5) is 24.3. The fourth-order valence-corrected chi connectivity index (χ4v) is 2.49. The molecule has 0 aliphatic carbocycles. The normalized spacial score (nSPS) is 13.8. The SMILES string of the molecule is CC(C)COCCNC(=O)N1CCc2ccc([N+](=O)[O-])cc2C1. The van der Waals surface area contributed by atoms with E-state index in [9.17, 15) is 14.9 Å². The van der Waals surface area contributed by atoms with Crippen molar-refractivity contribution < 1.29 is 14.5 Å². The second-order valence-corrected chi connectivity index (χ2v) is 6.08. The third-order valence-electron chi connectivity index (χ3n) is 3.67. The van der Waals surface area contributed by atoms with Crippen LogP contribution in [0.1, 0.15) is 25.0 Å². The minimum absolute atomic E-state index is 0.0630. The van der Waals surface area contributed by atoms with Gasteiger partial charge in [-0.25, -0.2) is 4.79 Å². The third-order valence-corrected chi connectivity index (χ3v) is 3.67. The Bertz CT molecular complexity index is 574. The van der Waals surface area contributed by atoms with Crippen molar-refractivity contribution in [1.29, 1.82) is 0 Å². The maximum atomic E-state index is 12.1. The molecule has 1 N–H and O–H groups in total. The molecule has 1 aromatic carbocycles. The van der Waals surface area contributed by atoms with Crippen LogP contribution in [0.25, 0.3) is 0 Å². The van der Waals surface area contributed by atoms with E-state index in [0.717, 1.165) is 11.1 Å². The molecule has 0 aromatic heterocycles. The second kappa shape index (κ2) is 7.92. The van der Waals surface area contributed by atoms with Crippen molar-refractivity contribution in [2.75, 3.05) is 26.3 Å². The van der Waals surface area contributed by atoms with E-state index in [4.69, 9.17) is 4.74 Å². The summed E-state index contributed by atoms with van der Waals surface area (Å²) in [6.45, 7) is 6.78. The van der Waals surface area contributed by atoms with Crippen molar-refractivity contribution >= 4 is 11.7 Å². The molecule has 1 aliphatic heterocycles. The number of hydrogen-bond donors (Lipinski definition) is 1. The highest BCUT2D eigenvalue weighted by Gasteiger charge is 2.22. The lowest BCUT2D eigenvalue weighted by Crippen LogP contribution is -2.43. The molecule has 23 heavy (non-hydrogen) atoms. The van der Waals surface area contributed by atoms with Crippen molar-refractivity contribution in [2.24, 2.45) is 5.92 Å². The second-order valence-electron chi connectivity index (χ2n) is 6.08. The molecule has 1 heterocycles. The number of rotatable bonds is 6. The van der Waals surface area contributed by atoms with Crippen LogP contribution in [0.15, 0.2) is 18.2 Å². The van der Waals surface area contributed by atoms with Gasteiger partial charge in [0.25, 0.3) is 5.69 Å². The van der Waals surface area contributed by atoms with Crippen LogP contribution < -0.4 is 5.32 Å². The molecule has 0 saturated carbocycles. The average molecular weight is 321 g/mol. The number of nitro benzene ring substituents is 1. The minimum atomic E-state index is -0.411. The van der Waals surface area contributed by atoms with Gasteiger partial charge < -0.3 is 15.0 Å². The van der Waals surface area contributed by atoms with E-state index >= 15 is 0 Å². The smallest absolute Gasteiger partial charge is 0.317 e. The van der Waals surface area contributed by atoms with Gasteiger partial charge in [0.15, 0.2) is 0 Å². The fraction of sp³-hybridized carbons (Fsp3) is 0.562. The highest BCUT2D eigenvalue weighted by atomic mass is 16.6. The van der Waals surface area contributed by atoms with Gasteiger partial charge in [-0.05, 0) is 23.5 Å². The van der Waals surface area contributed by atoms with Crippen LogP contribution in [-0.4, -0.2) is 42.2 Å². The summed E-state index contributed by atoms with van der Waals surface area (Å²) in [7, 11) is 0. The first-order valence-corrected chi connectivity index (χ1v) is 7.84. The molecule has 0 radical (unpaired) electrons. The van der Waals surface area contributed by atoms with E-state index < -0.39 is 4.92 Å². The van der Waals surface area contributed by atoms with Gasteiger partial charge in [0.05, 0.1) is 11.5 Å². The molecule has 2 rings (SSSR count). The predicted molar refractivity (Wildman–Crippen MR) is 86.3 cm³/mol. The summed E-state index contributed by atoms with van der Waals surface area (Å²) in [5.41, 5.74) is 1.98. The Morgan fingerprint density at radius 1 is 1.43 bits per heavy atom. The van der Waals surface area contributed by atoms with Gasteiger partial charge in [-0.3, -0.25) is 10.1 Å². The molecular weight excluding hydrogens is 298 g/mol. The number of carbonyl (C=O) groups excluding carboxylic acids is 1. The number of urea groups is 1. The zero-order valence-corrected chi connectivity index (χ0v) is 13.6. The van der Waals surface area contributed by atoms with Gasteiger partial charge in [-0.1, -0.05) is 19.9 Å².